The van der Waals surface area contributed by atoms with E-state index in [0.717, 1.165) is 0 Å². The first-order chi connectivity index (χ1) is 11.4. The van der Waals surface area contributed by atoms with E-state index in [1.165, 1.54) is 12.5 Å². The number of nitrogens with one attached hydrogen (secondary N) is 1. The van der Waals surface area contributed by atoms with Gasteiger partial charge in [0.05, 0.1) is 22.3 Å². The number of oxazole rings is 1. The second kappa shape index (κ2) is 6.30. The SMILES string of the molecule is Cc1cc(S(=O)(=O)Nc2ccccc2-c2ncco2)c(C)cc1Cl. The van der Waals surface area contributed by atoms with E-state index in [0.29, 0.717) is 33.3 Å². The first kappa shape index (κ1) is 16.5. The van der Waals surface area contributed by atoms with Crippen LogP contribution in [0.3, 0.4) is 0 Å². The number of nitrogens with zero attached hydrogens (tertiary/aromatic N) is 1. The lowest BCUT2D eigenvalue weighted by atomic mass is 10.2. The average Bonchev–Trinajstić information content (AvgIpc) is 3.05. The van der Waals surface area contributed by atoms with Crippen molar-refractivity contribution in [2.24, 2.45) is 0 Å². The summed E-state index contributed by atoms with van der Waals surface area (Å²) >= 11 is 6.05. The fourth-order valence-corrected chi connectivity index (χ4v) is 3.97. The fourth-order valence-electron chi connectivity index (χ4n) is 2.36. The molecule has 124 valence electrons. The minimum Gasteiger partial charge on any atom is -0.444 e. The molecule has 0 saturated carbocycles. The van der Waals surface area contributed by atoms with Crippen LogP contribution in [0.4, 0.5) is 5.69 Å². The largest absolute Gasteiger partial charge is 0.444 e. The van der Waals surface area contributed by atoms with Crippen molar-refractivity contribution in [3.63, 3.8) is 0 Å². The highest BCUT2D eigenvalue weighted by Crippen LogP contribution is 2.30. The summed E-state index contributed by atoms with van der Waals surface area (Å²) in [5, 5.41) is 0.534. The molecule has 0 aliphatic rings. The minimum absolute atomic E-state index is 0.187. The van der Waals surface area contributed by atoms with Gasteiger partial charge >= 0.3 is 0 Å². The van der Waals surface area contributed by atoms with Crippen molar-refractivity contribution in [1.29, 1.82) is 0 Å². The molecule has 0 saturated heterocycles. The van der Waals surface area contributed by atoms with Gasteiger partial charge in [0.15, 0.2) is 0 Å². The molecule has 0 radical (unpaired) electrons. The summed E-state index contributed by atoms with van der Waals surface area (Å²) in [5.74, 6) is 0.345. The van der Waals surface area contributed by atoms with Crippen LogP contribution in [0.1, 0.15) is 11.1 Å². The molecule has 1 heterocycles. The molecular weight excluding hydrogens is 348 g/mol. The Morgan fingerprint density at radius 1 is 1.12 bits per heavy atom. The standard InChI is InChI=1S/C17H15ClN2O3S/c1-11-10-16(12(2)9-14(11)18)24(21,22)20-15-6-4-3-5-13(15)17-19-7-8-23-17/h3-10,20H,1-2H3. The zero-order valence-corrected chi connectivity index (χ0v) is 14.6. The summed E-state index contributed by atoms with van der Waals surface area (Å²) in [6.45, 7) is 3.47. The molecule has 0 aliphatic carbocycles. The number of anilines is 1. The molecule has 3 rings (SSSR count). The molecule has 1 N–H and O–H groups in total. The molecule has 24 heavy (non-hydrogen) atoms. The average molecular weight is 363 g/mol. The molecule has 0 spiro atoms. The van der Waals surface area contributed by atoms with Crippen molar-refractivity contribution in [3.05, 3.63) is 65.0 Å². The molecule has 0 bridgehead atoms. The molecule has 0 aliphatic heterocycles. The summed E-state index contributed by atoms with van der Waals surface area (Å²) in [7, 11) is -3.77. The van der Waals surface area contributed by atoms with Gasteiger partial charge in [-0.25, -0.2) is 13.4 Å². The Kier molecular flexibility index (Phi) is 4.34. The number of rotatable bonds is 4. The van der Waals surface area contributed by atoms with Gasteiger partial charge in [-0.1, -0.05) is 23.7 Å². The molecule has 0 unspecified atom stereocenters. The number of hydrogen-bond acceptors (Lipinski definition) is 4. The zero-order chi connectivity index (χ0) is 17.3. The van der Waals surface area contributed by atoms with Crippen LogP contribution in [-0.2, 0) is 10.0 Å². The van der Waals surface area contributed by atoms with Gasteiger partial charge in [-0.15, -0.1) is 0 Å². The number of halogens is 1. The Bertz CT molecular complexity index is 983. The van der Waals surface area contributed by atoms with E-state index in [1.807, 2.05) is 0 Å². The van der Waals surface area contributed by atoms with Gasteiger partial charge in [0.2, 0.25) is 5.89 Å². The maximum atomic E-state index is 12.8. The third kappa shape index (κ3) is 3.16. The Hall–Kier alpha value is -2.31. The number of sulfonamides is 1. The lowest BCUT2D eigenvalue weighted by Gasteiger charge is -2.13. The monoisotopic (exact) mass is 362 g/mol. The summed E-state index contributed by atoms with van der Waals surface area (Å²) in [6, 6.07) is 10.1. The van der Waals surface area contributed by atoms with Crippen LogP contribution < -0.4 is 4.72 Å². The second-order valence-corrected chi connectivity index (χ2v) is 7.41. The van der Waals surface area contributed by atoms with Gasteiger partial charge in [0.1, 0.15) is 6.26 Å². The van der Waals surface area contributed by atoms with Crippen molar-refractivity contribution in [2.45, 2.75) is 18.7 Å². The minimum atomic E-state index is -3.77. The van der Waals surface area contributed by atoms with Gasteiger partial charge in [0.25, 0.3) is 10.0 Å². The summed E-state index contributed by atoms with van der Waals surface area (Å²) in [6.07, 6.45) is 2.95. The maximum Gasteiger partial charge on any atom is 0.262 e. The third-order valence-corrected chi connectivity index (χ3v) is 5.49. The number of para-hydroxylation sites is 1. The van der Waals surface area contributed by atoms with E-state index in [1.54, 1.807) is 50.2 Å². The first-order valence-electron chi connectivity index (χ1n) is 7.17. The highest BCUT2D eigenvalue weighted by Gasteiger charge is 2.20. The van der Waals surface area contributed by atoms with Crippen LogP contribution in [0.5, 0.6) is 0 Å². The Balaban J connectivity index is 2.04. The zero-order valence-electron chi connectivity index (χ0n) is 13.1. The lowest BCUT2D eigenvalue weighted by molar-refractivity contribution is 0.575. The van der Waals surface area contributed by atoms with Crippen molar-refractivity contribution >= 4 is 27.3 Å². The maximum absolute atomic E-state index is 12.8. The molecule has 7 heteroatoms. The van der Waals surface area contributed by atoms with Crippen molar-refractivity contribution < 1.29 is 12.8 Å². The molecule has 1 aromatic heterocycles. The molecular formula is C17H15ClN2O3S. The number of benzene rings is 2. The summed E-state index contributed by atoms with van der Waals surface area (Å²) < 4.78 is 33.5. The smallest absolute Gasteiger partial charge is 0.262 e. The van der Waals surface area contributed by atoms with E-state index >= 15 is 0 Å². The van der Waals surface area contributed by atoms with E-state index < -0.39 is 10.0 Å². The fraction of sp³-hybridized carbons (Fsp3) is 0.118. The highest BCUT2D eigenvalue weighted by molar-refractivity contribution is 7.92. The summed E-state index contributed by atoms with van der Waals surface area (Å²) in [5.41, 5.74) is 2.23. The van der Waals surface area contributed by atoms with Crippen molar-refractivity contribution in [1.82, 2.24) is 4.98 Å². The van der Waals surface area contributed by atoms with E-state index in [4.69, 9.17) is 16.0 Å². The molecule has 5 nitrogen and oxygen atoms in total. The quantitative estimate of drug-likeness (QED) is 0.746. The summed E-state index contributed by atoms with van der Waals surface area (Å²) in [4.78, 5) is 4.26. The number of aromatic nitrogens is 1. The van der Waals surface area contributed by atoms with Gasteiger partial charge < -0.3 is 4.42 Å². The number of hydrogen-bond donors (Lipinski definition) is 1. The molecule has 2 aromatic carbocycles. The second-order valence-electron chi connectivity index (χ2n) is 5.36. The first-order valence-corrected chi connectivity index (χ1v) is 9.03. The van der Waals surface area contributed by atoms with Gasteiger partial charge in [-0.2, -0.15) is 0 Å². The van der Waals surface area contributed by atoms with E-state index in [2.05, 4.69) is 9.71 Å². The van der Waals surface area contributed by atoms with Crippen LogP contribution in [-0.4, -0.2) is 13.4 Å². The van der Waals surface area contributed by atoms with E-state index in [9.17, 15) is 8.42 Å². The van der Waals surface area contributed by atoms with Crippen LogP contribution in [0.15, 0.2) is 58.2 Å². The lowest BCUT2D eigenvalue weighted by Crippen LogP contribution is -2.15. The highest BCUT2D eigenvalue weighted by atomic mass is 35.5. The normalized spacial score (nSPS) is 11.5. The Morgan fingerprint density at radius 3 is 2.58 bits per heavy atom. The van der Waals surface area contributed by atoms with Crippen LogP contribution in [0.2, 0.25) is 5.02 Å². The molecule has 0 amide bonds. The van der Waals surface area contributed by atoms with Gasteiger partial charge in [-0.05, 0) is 49.2 Å². The van der Waals surface area contributed by atoms with Gasteiger partial charge in [0, 0.05) is 5.02 Å². The van der Waals surface area contributed by atoms with Crippen molar-refractivity contribution in [3.8, 4) is 11.5 Å². The Morgan fingerprint density at radius 2 is 1.88 bits per heavy atom. The molecule has 0 atom stereocenters. The van der Waals surface area contributed by atoms with Crippen LogP contribution >= 0.6 is 11.6 Å². The predicted octanol–water partition coefficient (Wildman–Crippen LogP) is 4.41. The van der Waals surface area contributed by atoms with Crippen LogP contribution in [0.25, 0.3) is 11.5 Å². The number of aryl methyl sites for hydroxylation is 2. The predicted molar refractivity (Wildman–Crippen MR) is 93.7 cm³/mol. The Labute approximate surface area is 145 Å². The van der Waals surface area contributed by atoms with Crippen LogP contribution in [0, 0.1) is 13.8 Å². The topological polar surface area (TPSA) is 72.2 Å². The third-order valence-electron chi connectivity index (χ3n) is 3.58. The molecule has 0 fully saturated rings. The van der Waals surface area contributed by atoms with Gasteiger partial charge in [-0.3, -0.25) is 4.72 Å². The van der Waals surface area contributed by atoms with E-state index in [-0.39, 0.29) is 4.90 Å². The van der Waals surface area contributed by atoms with Crippen molar-refractivity contribution in [2.75, 3.05) is 4.72 Å². The molecule has 3 aromatic rings.